The molecular weight excluding hydrogens is 234 g/mol. The largest absolute Gasteiger partial charge is 0.367 e. The summed E-state index contributed by atoms with van der Waals surface area (Å²) in [4.78, 5) is 4.60. The lowest BCUT2D eigenvalue weighted by atomic mass is 9.94. The van der Waals surface area contributed by atoms with Gasteiger partial charge in [-0.3, -0.25) is 0 Å². The highest BCUT2D eigenvalue weighted by atomic mass is 15.0. The molecule has 2 aliphatic rings. The summed E-state index contributed by atoms with van der Waals surface area (Å²) in [5.41, 5.74) is 1.37. The third-order valence-electron chi connectivity index (χ3n) is 4.47. The standard InChI is InChI=1S/C16H25N3/c1-2-7-13(8-3-1)19-16-14(9-6-12-18-16)15-10-4-5-11-17-15/h6,9,12-13,15,17H,1-5,7-8,10-11H2,(H,18,19). The third-order valence-corrected chi connectivity index (χ3v) is 4.47. The Hall–Kier alpha value is -1.09. The Bertz CT molecular complexity index is 393. The van der Waals surface area contributed by atoms with Gasteiger partial charge in [-0.2, -0.15) is 0 Å². The molecule has 1 aromatic heterocycles. The zero-order valence-corrected chi connectivity index (χ0v) is 11.7. The van der Waals surface area contributed by atoms with Crippen LogP contribution in [0, 0.1) is 0 Å². The van der Waals surface area contributed by atoms with Gasteiger partial charge in [0.2, 0.25) is 0 Å². The number of anilines is 1. The number of nitrogens with one attached hydrogen (secondary N) is 2. The van der Waals surface area contributed by atoms with Crippen LogP contribution < -0.4 is 10.6 Å². The molecular formula is C16H25N3. The minimum absolute atomic E-state index is 0.494. The monoisotopic (exact) mass is 259 g/mol. The van der Waals surface area contributed by atoms with Gasteiger partial charge < -0.3 is 10.6 Å². The molecule has 3 rings (SSSR count). The van der Waals surface area contributed by atoms with Crippen molar-refractivity contribution in [3.8, 4) is 0 Å². The van der Waals surface area contributed by atoms with E-state index < -0.39 is 0 Å². The second-order valence-electron chi connectivity index (χ2n) is 5.92. The summed E-state index contributed by atoms with van der Waals surface area (Å²) in [6, 6.07) is 5.43. The Kier molecular flexibility index (Phi) is 4.34. The second-order valence-corrected chi connectivity index (χ2v) is 5.92. The second kappa shape index (κ2) is 6.38. The molecule has 0 radical (unpaired) electrons. The van der Waals surface area contributed by atoms with Crippen molar-refractivity contribution in [3.05, 3.63) is 23.9 Å². The fourth-order valence-corrected chi connectivity index (χ4v) is 3.38. The van der Waals surface area contributed by atoms with Crippen LogP contribution >= 0.6 is 0 Å². The Morgan fingerprint density at radius 2 is 1.89 bits per heavy atom. The molecule has 2 fully saturated rings. The molecule has 0 spiro atoms. The first-order valence-electron chi connectivity index (χ1n) is 7.88. The van der Waals surface area contributed by atoms with Gasteiger partial charge in [-0.15, -0.1) is 0 Å². The number of pyridine rings is 1. The van der Waals surface area contributed by atoms with Crippen LogP contribution in [0.3, 0.4) is 0 Å². The lowest BCUT2D eigenvalue weighted by Crippen LogP contribution is -2.29. The van der Waals surface area contributed by atoms with Gasteiger partial charge in [0.15, 0.2) is 0 Å². The van der Waals surface area contributed by atoms with Crippen LogP contribution in [0.15, 0.2) is 18.3 Å². The van der Waals surface area contributed by atoms with Gasteiger partial charge in [0.25, 0.3) is 0 Å². The first-order chi connectivity index (χ1) is 9.43. The summed E-state index contributed by atoms with van der Waals surface area (Å²) in [6.45, 7) is 1.14. The number of rotatable bonds is 3. The molecule has 3 nitrogen and oxygen atoms in total. The molecule has 3 heteroatoms. The van der Waals surface area contributed by atoms with E-state index in [0.717, 1.165) is 12.4 Å². The third kappa shape index (κ3) is 3.27. The summed E-state index contributed by atoms with van der Waals surface area (Å²) >= 11 is 0. The molecule has 2 N–H and O–H groups in total. The fourth-order valence-electron chi connectivity index (χ4n) is 3.38. The maximum absolute atomic E-state index is 4.60. The molecule has 19 heavy (non-hydrogen) atoms. The van der Waals surface area contributed by atoms with Gasteiger partial charge in [-0.05, 0) is 38.3 Å². The Morgan fingerprint density at radius 1 is 1.05 bits per heavy atom. The molecule has 1 aliphatic heterocycles. The predicted octanol–water partition coefficient (Wildman–Crippen LogP) is 3.64. The van der Waals surface area contributed by atoms with E-state index in [1.54, 1.807) is 0 Å². The van der Waals surface area contributed by atoms with Crippen molar-refractivity contribution in [1.29, 1.82) is 0 Å². The number of nitrogens with zero attached hydrogens (tertiary/aromatic N) is 1. The van der Waals surface area contributed by atoms with Crippen LogP contribution in [0.5, 0.6) is 0 Å². The SMILES string of the molecule is c1cnc(NC2CCCCC2)c(C2CCCCN2)c1. The first kappa shape index (κ1) is 12.9. The van der Waals surface area contributed by atoms with Crippen molar-refractivity contribution < 1.29 is 0 Å². The molecule has 1 aromatic rings. The lowest BCUT2D eigenvalue weighted by Gasteiger charge is -2.28. The summed E-state index contributed by atoms with van der Waals surface area (Å²) < 4.78 is 0. The summed E-state index contributed by atoms with van der Waals surface area (Å²) in [5.74, 6) is 1.12. The summed E-state index contributed by atoms with van der Waals surface area (Å²) in [5, 5.41) is 7.33. The Labute approximate surface area is 116 Å². The fraction of sp³-hybridized carbons (Fsp3) is 0.688. The average molecular weight is 259 g/mol. The van der Waals surface area contributed by atoms with Gasteiger partial charge in [-0.1, -0.05) is 31.7 Å². The molecule has 0 bridgehead atoms. The maximum atomic E-state index is 4.60. The van der Waals surface area contributed by atoms with Gasteiger partial charge in [0.1, 0.15) is 5.82 Å². The van der Waals surface area contributed by atoms with E-state index in [1.165, 1.54) is 56.9 Å². The van der Waals surface area contributed by atoms with Gasteiger partial charge >= 0.3 is 0 Å². The number of piperidine rings is 1. The molecule has 1 atom stereocenters. The van der Waals surface area contributed by atoms with Crippen molar-refractivity contribution in [1.82, 2.24) is 10.3 Å². The predicted molar refractivity (Wildman–Crippen MR) is 79.3 cm³/mol. The highest BCUT2D eigenvalue weighted by Gasteiger charge is 2.20. The molecule has 104 valence electrons. The Balaban J connectivity index is 1.72. The molecule has 0 aromatic carbocycles. The normalized spacial score (nSPS) is 25.2. The van der Waals surface area contributed by atoms with Gasteiger partial charge in [-0.25, -0.2) is 4.98 Å². The quantitative estimate of drug-likeness (QED) is 0.870. The van der Waals surface area contributed by atoms with Crippen LogP contribution in [0.1, 0.15) is 63.0 Å². The van der Waals surface area contributed by atoms with Crippen LogP contribution in [0.4, 0.5) is 5.82 Å². The highest BCUT2D eigenvalue weighted by molar-refractivity contribution is 5.46. The summed E-state index contributed by atoms with van der Waals surface area (Å²) in [6.07, 6.45) is 12.5. The van der Waals surface area contributed by atoms with E-state index in [-0.39, 0.29) is 0 Å². The van der Waals surface area contributed by atoms with E-state index in [2.05, 4.69) is 27.8 Å². The van der Waals surface area contributed by atoms with Crippen molar-refractivity contribution in [3.63, 3.8) is 0 Å². The van der Waals surface area contributed by atoms with E-state index >= 15 is 0 Å². The zero-order chi connectivity index (χ0) is 12.9. The Morgan fingerprint density at radius 3 is 2.68 bits per heavy atom. The average Bonchev–Trinajstić information content (AvgIpc) is 2.50. The smallest absolute Gasteiger partial charge is 0.130 e. The van der Waals surface area contributed by atoms with Crippen LogP contribution in [0.25, 0.3) is 0 Å². The van der Waals surface area contributed by atoms with Crippen LogP contribution in [-0.4, -0.2) is 17.6 Å². The number of aromatic nitrogens is 1. The van der Waals surface area contributed by atoms with Crippen molar-refractivity contribution >= 4 is 5.82 Å². The minimum atomic E-state index is 0.494. The van der Waals surface area contributed by atoms with E-state index in [4.69, 9.17) is 0 Å². The number of hydrogen-bond acceptors (Lipinski definition) is 3. The van der Waals surface area contributed by atoms with Crippen LogP contribution in [-0.2, 0) is 0 Å². The summed E-state index contributed by atoms with van der Waals surface area (Å²) in [7, 11) is 0. The zero-order valence-electron chi connectivity index (χ0n) is 11.7. The lowest BCUT2D eigenvalue weighted by molar-refractivity contribution is 0.411. The molecule has 1 unspecified atom stereocenters. The van der Waals surface area contributed by atoms with Gasteiger partial charge in [0.05, 0.1) is 0 Å². The van der Waals surface area contributed by atoms with Crippen LogP contribution in [0.2, 0.25) is 0 Å². The first-order valence-corrected chi connectivity index (χ1v) is 7.88. The van der Waals surface area contributed by atoms with Crippen molar-refractivity contribution in [2.75, 3.05) is 11.9 Å². The molecule has 1 aliphatic carbocycles. The molecule has 2 heterocycles. The van der Waals surface area contributed by atoms with E-state index in [9.17, 15) is 0 Å². The molecule has 1 saturated carbocycles. The molecule has 1 saturated heterocycles. The van der Waals surface area contributed by atoms with E-state index in [1.807, 2.05) is 6.20 Å². The number of hydrogen-bond donors (Lipinski definition) is 2. The van der Waals surface area contributed by atoms with Gasteiger partial charge in [0, 0.05) is 23.8 Å². The molecule has 0 amide bonds. The maximum Gasteiger partial charge on any atom is 0.130 e. The minimum Gasteiger partial charge on any atom is -0.367 e. The van der Waals surface area contributed by atoms with E-state index in [0.29, 0.717) is 12.1 Å². The topological polar surface area (TPSA) is 37.0 Å². The van der Waals surface area contributed by atoms with Crippen molar-refractivity contribution in [2.45, 2.75) is 63.5 Å². The highest BCUT2D eigenvalue weighted by Crippen LogP contribution is 2.29. The van der Waals surface area contributed by atoms with Crippen molar-refractivity contribution in [2.24, 2.45) is 0 Å².